The van der Waals surface area contributed by atoms with Crippen LogP contribution >= 0.6 is 0 Å². The molecule has 0 bridgehead atoms. The number of carbonyl (C=O) groups is 1. The Morgan fingerprint density at radius 3 is 2.79 bits per heavy atom. The molecule has 4 heteroatoms. The van der Waals surface area contributed by atoms with E-state index in [2.05, 4.69) is 36.9 Å². The van der Waals surface area contributed by atoms with Crippen LogP contribution in [0.1, 0.15) is 17.5 Å². The summed E-state index contributed by atoms with van der Waals surface area (Å²) in [5.74, 6) is 0.171. The van der Waals surface area contributed by atoms with Gasteiger partial charge in [0, 0.05) is 18.3 Å². The molecule has 1 fully saturated rings. The summed E-state index contributed by atoms with van der Waals surface area (Å²) in [5.41, 5.74) is 9.04. The van der Waals surface area contributed by atoms with Gasteiger partial charge in [-0.25, -0.2) is 0 Å². The van der Waals surface area contributed by atoms with Gasteiger partial charge in [0.1, 0.15) is 0 Å². The first-order chi connectivity index (χ1) is 9.02. The van der Waals surface area contributed by atoms with Gasteiger partial charge in [0.2, 0.25) is 5.91 Å². The highest BCUT2D eigenvalue weighted by molar-refractivity contribution is 5.96. The van der Waals surface area contributed by atoms with Crippen LogP contribution in [0.3, 0.4) is 0 Å². The Morgan fingerprint density at radius 1 is 1.37 bits per heavy atom. The number of nitrogens with zero attached hydrogens (tertiary/aromatic N) is 2. The molecule has 0 aromatic heterocycles. The molecule has 19 heavy (non-hydrogen) atoms. The number of benzene rings is 1. The van der Waals surface area contributed by atoms with Crippen molar-refractivity contribution in [2.24, 2.45) is 5.73 Å². The predicted molar refractivity (Wildman–Crippen MR) is 78.4 cm³/mol. The summed E-state index contributed by atoms with van der Waals surface area (Å²) >= 11 is 0. The molecule has 1 unspecified atom stereocenters. The van der Waals surface area contributed by atoms with Gasteiger partial charge < -0.3 is 10.6 Å². The Balaban J connectivity index is 2.27. The molecule has 2 N–H and O–H groups in total. The lowest BCUT2D eigenvalue weighted by Gasteiger charge is -2.39. The molecule has 0 saturated carbocycles. The van der Waals surface area contributed by atoms with Crippen molar-refractivity contribution in [3.8, 4) is 0 Å². The van der Waals surface area contributed by atoms with Crippen molar-refractivity contribution in [1.29, 1.82) is 0 Å². The fourth-order valence-corrected chi connectivity index (χ4v) is 2.63. The van der Waals surface area contributed by atoms with Crippen molar-refractivity contribution in [1.82, 2.24) is 4.90 Å². The van der Waals surface area contributed by atoms with E-state index in [9.17, 15) is 4.79 Å². The van der Waals surface area contributed by atoms with Gasteiger partial charge in [0.15, 0.2) is 0 Å². The number of amides is 1. The topological polar surface area (TPSA) is 49.6 Å². The Morgan fingerprint density at radius 2 is 2.11 bits per heavy atom. The van der Waals surface area contributed by atoms with Gasteiger partial charge in [-0.2, -0.15) is 0 Å². The number of hydrogen-bond donors (Lipinski definition) is 1. The van der Waals surface area contributed by atoms with E-state index in [4.69, 9.17) is 5.73 Å². The van der Waals surface area contributed by atoms with Crippen LogP contribution in [-0.4, -0.2) is 43.5 Å². The van der Waals surface area contributed by atoms with Gasteiger partial charge in [0.05, 0.1) is 6.54 Å². The number of aryl methyl sites for hydroxylation is 2. The highest BCUT2D eigenvalue weighted by Crippen LogP contribution is 2.25. The molecule has 104 valence electrons. The lowest BCUT2D eigenvalue weighted by molar-refractivity contribution is -0.122. The summed E-state index contributed by atoms with van der Waals surface area (Å²) < 4.78 is 0. The summed E-state index contributed by atoms with van der Waals surface area (Å²) in [4.78, 5) is 16.3. The predicted octanol–water partition coefficient (Wildman–Crippen LogP) is 1.30. The maximum absolute atomic E-state index is 12.3. The number of carbonyl (C=O) groups excluding carboxylic acids is 1. The number of nitrogens with two attached hydrogens (primary N) is 1. The Labute approximate surface area is 115 Å². The van der Waals surface area contributed by atoms with E-state index in [1.54, 1.807) is 0 Å². The quantitative estimate of drug-likeness (QED) is 0.892. The van der Waals surface area contributed by atoms with Crippen LogP contribution in [0, 0.1) is 13.8 Å². The molecule has 1 aromatic rings. The van der Waals surface area contributed by atoms with E-state index in [1.807, 2.05) is 11.9 Å². The monoisotopic (exact) mass is 261 g/mol. The molecular formula is C15H23N3O. The molecular weight excluding hydrogens is 238 g/mol. The van der Waals surface area contributed by atoms with Crippen LogP contribution in [0.4, 0.5) is 5.69 Å². The van der Waals surface area contributed by atoms with Crippen molar-refractivity contribution in [2.75, 3.05) is 31.6 Å². The third-order valence-electron chi connectivity index (χ3n) is 3.86. The average molecular weight is 261 g/mol. The normalized spacial score (nSPS) is 20.9. The average Bonchev–Trinajstić information content (AvgIpc) is 2.36. The molecule has 1 aliphatic rings. The number of hydrogen-bond acceptors (Lipinski definition) is 3. The number of piperazine rings is 1. The van der Waals surface area contributed by atoms with Gasteiger partial charge in [-0.05, 0) is 51.1 Å². The lowest BCUT2D eigenvalue weighted by Crippen LogP contribution is -2.55. The van der Waals surface area contributed by atoms with Crippen LogP contribution in [0.2, 0.25) is 0 Å². The summed E-state index contributed by atoms with van der Waals surface area (Å²) in [5, 5.41) is 0. The third kappa shape index (κ3) is 2.96. The molecule has 0 radical (unpaired) electrons. The van der Waals surface area contributed by atoms with Crippen molar-refractivity contribution >= 4 is 11.6 Å². The Bertz CT molecular complexity index is 472. The fourth-order valence-electron chi connectivity index (χ4n) is 2.63. The van der Waals surface area contributed by atoms with Crippen molar-refractivity contribution < 1.29 is 4.79 Å². The standard InChI is InChI=1S/C15H23N3O/c1-11-4-5-12(2)14(8-11)18-9-13(6-7-16)17(3)10-15(18)19/h4-5,8,13H,6-7,9-10,16H2,1-3H3. The minimum Gasteiger partial charge on any atom is -0.330 e. The first-order valence-corrected chi connectivity index (χ1v) is 6.81. The molecule has 1 aromatic carbocycles. The molecule has 0 aliphatic carbocycles. The van der Waals surface area contributed by atoms with Crippen molar-refractivity contribution in [3.05, 3.63) is 29.3 Å². The second-order valence-electron chi connectivity index (χ2n) is 5.44. The van der Waals surface area contributed by atoms with E-state index in [-0.39, 0.29) is 5.91 Å². The smallest absolute Gasteiger partial charge is 0.241 e. The summed E-state index contributed by atoms with van der Waals surface area (Å²) in [6, 6.07) is 6.60. The zero-order valence-corrected chi connectivity index (χ0v) is 12.0. The van der Waals surface area contributed by atoms with E-state index < -0.39 is 0 Å². The van der Waals surface area contributed by atoms with E-state index >= 15 is 0 Å². The second kappa shape index (κ2) is 5.72. The van der Waals surface area contributed by atoms with Gasteiger partial charge in [0.25, 0.3) is 0 Å². The van der Waals surface area contributed by atoms with Crippen molar-refractivity contribution in [3.63, 3.8) is 0 Å². The zero-order chi connectivity index (χ0) is 14.0. The summed E-state index contributed by atoms with van der Waals surface area (Å²) in [6.45, 7) is 5.97. The molecule has 1 amide bonds. The molecule has 2 rings (SSSR count). The summed E-state index contributed by atoms with van der Waals surface area (Å²) in [7, 11) is 2.00. The first kappa shape index (κ1) is 14.0. The zero-order valence-electron chi connectivity index (χ0n) is 12.0. The summed E-state index contributed by atoms with van der Waals surface area (Å²) in [6.07, 6.45) is 0.922. The maximum Gasteiger partial charge on any atom is 0.241 e. The minimum absolute atomic E-state index is 0.171. The first-order valence-electron chi connectivity index (χ1n) is 6.81. The van der Waals surface area contributed by atoms with E-state index in [0.717, 1.165) is 24.2 Å². The van der Waals surface area contributed by atoms with Gasteiger partial charge in [-0.1, -0.05) is 12.1 Å². The second-order valence-corrected chi connectivity index (χ2v) is 5.44. The Kier molecular flexibility index (Phi) is 4.22. The van der Waals surface area contributed by atoms with Crippen LogP contribution < -0.4 is 10.6 Å². The molecule has 1 atom stereocenters. The molecule has 0 spiro atoms. The molecule has 1 heterocycles. The minimum atomic E-state index is 0.171. The number of anilines is 1. The number of rotatable bonds is 3. The van der Waals surface area contributed by atoms with Crippen molar-refractivity contribution in [2.45, 2.75) is 26.3 Å². The molecule has 4 nitrogen and oxygen atoms in total. The van der Waals surface area contributed by atoms with Crippen LogP contribution in [-0.2, 0) is 4.79 Å². The lowest BCUT2D eigenvalue weighted by atomic mass is 10.0. The Hall–Kier alpha value is -1.39. The third-order valence-corrected chi connectivity index (χ3v) is 3.86. The fraction of sp³-hybridized carbons (Fsp3) is 0.533. The SMILES string of the molecule is Cc1ccc(C)c(N2CC(CCN)N(C)CC2=O)c1. The van der Waals surface area contributed by atoms with Gasteiger partial charge in [-0.3, -0.25) is 9.69 Å². The van der Waals surface area contributed by atoms with Crippen LogP contribution in [0.15, 0.2) is 18.2 Å². The molecule has 1 saturated heterocycles. The van der Waals surface area contributed by atoms with Crippen LogP contribution in [0.25, 0.3) is 0 Å². The van der Waals surface area contributed by atoms with E-state index in [0.29, 0.717) is 19.1 Å². The molecule has 1 aliphatic heterocycles. The van der Waals surface area contributed by atoms with E-state index in [1.165, 1.54) is 5.56 Å². The number of likely N-dealkylation sites (N-methyl/N-ethyl adjacent to an activating group) is 1. The highest BCUT2D eigenvalue weighted by Gasteiger charge is 2.30. The van der Waals surface area contributed by atoms with Gasteiger partial charge in [-0.15, -0.1) is 0 Å². The highest BCUT2D eigenvalue weighted by atomic mass is 16.2. The maximum atomic E-state index is 12.3. The van der Waals surface area contributed by atoms with Gasteiger partial charge >= 0.3 is 0 Å². The van der Waals surface area contributed by atoms with Crippen LogP contribution in [0.5, 0.6) is 0 Å². The largest absolute Gasteiger partial charge is 0.330 e.